The fourth-order valence-corrected chi connectivity index (χ4v) is 5.56. The number of hydrogen-bond donors (Lipinski definition) is 2. The number of anilines is 1. The summed E-state index contributed by atoms with van der Waals surface area (Å²) in [5.41, 5.74) is 3.02. The smallest absolute Gasteiger partial charge is 0.133 e. The van der Waals surface area contributed by atoms with Gasteiger partial charge in [0.1, 0.15) is 17.5 Å². The second kappa shape index (κ2) is 6.23. The molecule has 1 aliphatic heterocycles. The van der Waals surface area contributed by atoms with Gasteiger partial charge in [0.25, 0.3) is 0 Å². The molecular weight excluding hydrogens is 290 g/mol. The molecular formula is C18H27N3S. The van der Waals surface area contributed by atoms with Crippen molar-refractivity contribution >= 4 is 22.2 Å². The molecule has 0 amide bonds. The van der Waals surface area contributed by atoms with Crippen molar-refractivity contribution in [2.45, 2.75) is 70.8 Å². The summed E-state index contributed by atoms with van der Waals surface area (Å²) in [6, 6.07) is 0.640. The summed E-state index contributed by atoms with van der Waals surface area (Å²) in [5.74, 6) is 2.08. The quantitative estimate of drug-likeness (QED) is 0.852. The maximum absolute atomic E-state index is 4.79. The predicted octanol–water partition coefficient (Wildman–Crippen LogP) is 4.31. The molecule has 3 nitrogen and oxygen atoms in total. The Kier molecular flexibility index (Phi) is 4.12. The molecule has 0 radical (unpaired) electrons. The van der Waals surface area contributed by atoms with Crippen molar-refractivity contribution < 1.29 is 0 Å². The first-order valence-electron chi connectivity index (χ1n) is 9.05. The number of thiophene rings is 1. The first kappa shape index (κ1) is 14.6. The minimum absolute atomic E-state index is 0.640. The molecule has 1 unspecified atom stereocenters. The number of hydrogen-bond acceptors (Lipinski definition) is 4. The second-order valence-electron chi connectivity index (χ2n) is 7.05. The Morgan fingerprint density at radius 3 is 2.91 bits per heavy atom. The van der Waals surface area contributed by atoms with Crippen molar-refractivity contribution in [3.63, 3.8) is 0 Å². The standard InChI is InChI=1S/C18H27N3S/c1-2-12-8-9-14-15(10-12)22-18-16(14)17(19-11-20-18)21-13-6-4-3-5-7-13/h12-13,20H,2-11H2,1H3,(H,19,21). The van der Waals surface area contributed by atoms with Gasteiger partial charge in [-0.15, -0.1) is 11.3 Å². The number of rotatable bonds is 2. The highest BCUT2D eigenvalue weighted by Gasteiger charge is 2.29. The van der Waals surface area contributed by atoms with Crippen LogP contribution in [0.3, 0.4) is 0 Å². The van der Waals surface area contributed by atoms with Crippen molar-refractivity contribution in [3.8, 4) is 0 Å². The van der Waals surface area contributed by atoms with Crippen LogP contribution in [0.5, 0.6) is 0 Å². The summed E-state index contributed by atoms with van der Waals surface area (Å²) in [5, 5.41) is 8.67. The molecule has 1 aromatic heterocycles. The van der Waals surface area contributed by atoms with Crippen molar-refractivity contribution in [1.82, 2.24) is 5.32 Å². The van der Waals surface area contributed by atoms with Crippen LogP contribution in [0.15, 0.2) is 4.99 Å². The van der Waals surface area contributed by atoms with Crippen LogP contribution in [0.2, 0.25) is 0 Å². The summed E-state index contributed by atoms with van der Waals surface area (Å²) in [7, 11) is 0. The number of amidine groups is 1. The number of nitrogens with one attached hydrogen (secondary N) is 2. The number of aliphatic imine (C=N–C) groups is 1. The maximum Gasteiger partial charge on any atom is 0.133 e. The van der Waals surface area contributed by atoms with Gasteiger partial charge in [-0.05, 0) is 43.6 Å². The molecule has 3 aliphatic rings. The first-order chi connectivity index (χ1) is 10.8. The van der Waals surface area contributed by atoms with Crippen molar-refractivity contribution in [2.24, 2.45) is 10.9 Å². The maximum atomic E-state index is 4.79. The van der Waals surface area contributed by atoms with Gasteiger partial charge in [-0.1, -0.05) is 32.6 Å². The molecule has 0 bridgehead atoms. The molecule has 4 rings (SSSR count). The zero-order valence-electron chi connectivity index (χ0n) is 13.6. The molecule has 0 saturated heterocycles. The first-order valence-corrected chi connectivity index (χ1v) is 9.86. The normalized spacial score (nSPS) is 25.0. The Morgan fingerprint density at radius 1 is 1.23 bits per heavy atom. The Bertz CT molecular complexity index is 569. The molecule has 2 aliphatic carbocycles. The predicted molar refractivity (Wildman–Crippen MR) is 95.2 cm³/mol. The van der Waals surface area contributed by atoms with E-state index in [0.29, 0.717) is 6.04 Å². The fourth-order valence-electron chi connectivity index (χ4n) is 4.21. The molecule has 1 saturated carbocycles. The average Bonchev–Trinajstić information content (AvgIpc) is 2.94. The van der Waals surface area contributed by atoms with Gasteiger partial charge >= 0.3 is 0 Å². The zero-order valence-corrected chi connectivity index (χ0v) is 14.4. The second-order valence-corrected chi connectivity index (χ2v) is 8.15. The molecule has 0 spiro atoms. The molecule has 1 aromatic rings. The van der Waals surface area contributed by atoms with Crippen LogP contribution >= 0.6 is 11.3 Å². The van der Waals surface area contributed by atoms with Gasteiger partial charge < -0.3 is 10.6 Å². The third kappa shape index (κ3) is 2.66. The van der Waals surface area contributed by atoms with E-state index in [9.17, 15) is 0 Å². The molecule has 1 atom stereocenters. The van der Waals surface area contributed by atoms with Crippen molar-refractivity contribution in [3.05, 3.63) is 16.0 Å². The molecule has 120 valence electrons. The highest BCUT2D eigenvalue weighted by Crippen LogP contribution is 2.41. The van der Waals surface area contributed by atoms with Crippen LogP contribution < -0.4 is 10.6 Å². The lowest BCUT2D eigenvalue weighted by Gasteiger charge is -2.27. The minimum Gasteiger partial charge on any atom is -0.367 e. The zero-order chi connectivity index (χ0) is 14.9. The lowest BCUT2D eigenvalue weighted by atomic mass is 9.85. The molecule has 4 heteroatoms. The van der Waals surface area contributed by atoms with E-state index in [1.165, 1.54) is 74.2 Å². The highest BCUT2D eigenvalue weighted by atomic mass is 32.1. The van der Waals surface area contributed by atoms with Crippen LogP contribution in [0, 0.1) is 5.92 Å². The molecule has 1 fully saturated rings. The topological polar surface area (TPSA) is 36.4 Å². The van der Waals surface area contributed by atoms with Crippen LogP contribution in [0.25, 0.3) is 0 Å². The summed E-state index contributed by atoms with van der Waals surface area (Å²) in [6.07, 6.45) is 12.0. The van der Waals surface area contributed by atoms with Crippen molar-refractivity contribution in [1.29, 1.82) is 0 Å². The van der Waals surface area contributed by atoms with Gasteiger partial charge in [0.05, 0.1) is 5.56 Å². The summed E-state index contributed by atoms with van der Waals surface area (Å²) < 4.78 is 0. The highest BCUT2D eigenvalue weighted by molar-refractivity contribution is 7.16. The van der Waals surface area contributed by atoms with Crippen molar-refractivity contribution in [2.75, 3.05) is 12.0 Å². The van der Waals surface area contributed by atoms with Crippen LogP contribution in [0.1, 0.15) is 67.9 Å². The Hall–Kier alpha value is -1.03. The van der Waals surface area contributed by atoms with E-state index >= 15 is 0 Å². The third-order valence-corrected chi connectivity index (χ3v) is 6.82. The van der Waals surface area contributed by atoms with Gasteiger partial charge in [-0.25, -0.2) is 4.99 Å². The largest absolute Gasteiger partial charge is 0.367 e. The van der Waals surface area contributed by atoms with E-state index in [1.807, 2.05) is 11.3 Å². The Morgan fingerprint density at radius 2 is 2.09 bits per heavy atom. The van der Waals surface area contributed by atoms with E-state index in [1.54, 1.807) is 10.4 Å². The average molecular weight is 318 g/mol. The van der Waals surface area contributed by atoms with Gasteiger partial charge in [-0.2, -0.15) is 0 Å². The SMILES string of the molecule is CCC1CCc2c(sc3c2C(NC2CCCCC2)=NCN3)C1. The van der Waals surface area contributed by atoms with E-state index in [2.05, 4.69) is 17.6 Å². The Balaban J connectivity index is 1.59. The van der Waals surface area contributed by atoms with Crippen LogP contribution in [0.4, 0.5) is 5.00 Å². The van der Waals surface area contributed by atoms with E-state index in [4.69, 9.17) is 4.99 Å². The van der Waals surface area contributed by atoms with Crippen LogP contribution in [-0.2, 0) is 12.8 Å². The summed E-state index contributed by atoms with van der Waals surface area (Å²) >= 11 is 1.99. The van der Waals surface area contributed by atoms with Gasteiger partial charge in [0.15, 0.2) is 0 Å². The fraction of sp³-hybridized carbons (Fsp3) is 0.722. The van der Waals surface area contributed by atoms with Gasteiger partial charge in [-0.3, -0.25) is 0 Å². The Labute approximate surface area is 137 Å². The van der Waals surface area contributed by atoms with Gasteiger partial charge in [0, 0.05) is 10.9 Å². The van der Waals surface area contributed by atoms with Crippen LogP contribution in [-0.4, -0.2) is 18.5 Å². The minimum atomic E-state index is 0.640. The van der Waals surface area contributed by atoms with Gasteiger partial charge in [0.2, 0.25) is 0 Å². The lowest BCUT2D eigenvalue weighted by Crippen LogP contribution is -2.39. The van der Waals surface area contributed by atoms with E-state index in [-0.39, 0.29) is 0 Å². The number of nitrogens with zero attached hydrogens (tertiary/aromatic N) is 1. The summed E-state index contributed by atoms with van der Waals surface area (Å²) in [6.45, 7) is 3.07. The summed E-state index contributed by atoms with van der Waals surface area (Å²) in [4.78, 5) is 6.41. The third-order valence-electron chi connectivity index (χ3n) is 5.60. The molecule has 2 heterocycles. The van der Waals surface area contributed by atoms with E-state index < -0.39 is 0 Å². The van der Waals surface area contributed by atoms with E-state index in [0.717, 1.165) is 12.6 Å². The molecule has 2 N–H and O–H groups in total. The number of fused-ring (bicyclic) bond motifs is 3. The molecule has 22 heavy (non-hydrogen) atoms. The monoisotopic (exact) mass is 317 g/mol. The lowest BCUT2D eigenvalue weighted by molar-refractivity contribution is 0.413. The molecule has 0 aromatic carbocycles.